The van der Waals surface area contributed by atoms with Crippen molar-refractivity contribution in [3.63, 3.8) is 0 Å². The van der Waals surface area contributed by atoms with E-state index < -0.39 is 0 Å². The molecule has 1 unspecified atom stereocenters. The summed E-state index contributed by atoms with van der Waals surface area (Å²) in [7, 11) is 0. The lowest BCUT2D eigenvalue weighted by Gasteiger charge is -2.12. The Balaban J connectivity index is 1.81. The molecule has 0 saturated heterocycles. The zero-order valence-corrected chi connectivity index (χ0v) is 15.8. The summed E-state index contributed by atoms with van der Waals surface area (Å²) in [6, 6.07) is 13.4. The first-order valence-corrected chi connectivity index (χ1v) is 9.15. The Morgan fingerprint density at radius 3 is 2.56 bits per heavy atom. The van der Waals surface area contributed by atoms with E-state index in [0.29, 0.717) is 15.7 Å². The van der Waals surface area contributed by atoms with E-state index in [1.54, 1.807) is 6.33 Å². The molecule has 0 aliphatic heterocycles. The van der Waals surface area contributed by atoms with Crippen molar-refractivity contribution in [2.24, 2.45) is 0 Å². The van der Waals surface area contributed by atoms with E-state index in [1.807, 2.05) is 67.8 Å². The minimum Gasteiger partial charge on any atom is -0.293 e. The van der Waals surface area contributed by atoms with E-state index in [0.717, 1.165) is 16.8 Å². The van der Waals surface area contributed by atoms with Crippen LogP contribution in [-0.4, -0.2) is 25.8 Å². The molecule has 1 atom stereocenters. The van der Waals surface area contributed by atoms with Crippen LogP contribution in [0.4, 0.5) is 0 Å². The van der Waals surface area contributed by atoms with E-state index >= 15 is 0 Å². The zero-order valence-electron chi connectivity index (χ0n) is 14.2. The van der Waals surface area contributed by atoms with Crippen molar-refractivity contribution in [2.75, 3.05) is 0 Å². The highest BCUT2D eigenvalue weighted by molar-refractivity contribution is 8.00. The highest BCUT2D eigenvalue weighted by Crippen LogP contribution is 2.27. The Morgan fingerprint density at radius 1 is 1.16 bits per heavy atom. The molecular formula is C19H18ClN3OS. The molecule has 4 nitrogen and oxygen atoms in total. The van der Waals surface area contributed by atoms with E-state index in [1.165, 1.54) is 11.8 Å². The Morgan fingerprint density at radius 2 is 1.88 bits per heavy atom. The van der Waals surface area contributed by atoms with Gasteiger partial charge in [0.1, 0.15) is 6.33 Å². The molecule has 0 fully saturated rings. The molecule has 1 aromatic heterocycles. The van der Waals surface area contributed by atoms with Gasteiger partial charge in [-0.1, -0.05) is 59.3 Å². The molecule has 3 rings (SSSR count). The number of carbonyl (C=O) groups excluding carboxylic acids is 1. The molecule has 2 aromatic carbocycles. The van der Waals surface area contributed by atoms with Gasteiger partial charge in [0.25, 0.3) is 0 Å². The van der Waals surface area contributed by atoms with Gasteiger partial charge in [-0.2, -0.15) is 0 Å². The van der Waals surface area contributed by atoms with Crippen LogP contribution in [0.2, 0.25) is 5.02 Å². The molecule has 0 bridgehead atoms. The maximum atomic E-state index is 12.6. The van der Waals surface area contributed by atoms with Crippen LogP contribution in [0.15, 0.2) is 53.9 Å². The molecule has 3 aromatic rings. The van der Waals surface area contributed by atoms with Gasteiger partial charge in [-0.25, -0.2) is 0 Å². The third-order valence-electron chi connectivity index (χ3n) is 3.94. The van der Waals surface area contributed by atoms with Crippen molar-refractivity contribution in [1.29, 1.82) is 0 Å². The second kappa shape index (κ2) is 7.42. The third kappa shape index (κ3) is 3.94. The Hall–Kier alpha value is -2.11. The Labute approximate surface area is 156 Å². The van der Waals surface area contributed by atoms with Crippen molar-refractivity contribution >= 4 is 29.1 Å². The summed E-state index contributed by atoms with van der Waals surface area (Å²) in [6.07, 6.45) is 1.63. The zero-order chi connectivity index (χ0) is 18.0. The summed E-state index contributed by atoms with van der Waals surface area (Å²) >= 11 is 7.60. The molecule has 0 radical (unpaired) electrons. The van der Waals surface area contributed by atoms with Crippen LogP contribution in [0.5, 0.6) is 0 Å². The monoisotopic (exact) mass is 371 g/mol. The van der Waals surface area contributed by atoms with E-state index in [9.17, 15) is 4.79 Å². The predicted molar refractivity (Wildman–Crippen MR) is 102 cm³/mol. The summed E-state index contributed by atoms with van der Waals surface area (Å²) in [5, 5.41) is 9.21. The van der Waals surface area contributed by atoms with E-state index in [4.69, 9.17) is 11.6 Å². The normalized spacial score (nSPS) is 12.2. The third-order valence-corrected chi connectivity index (χ3v) is 5.40. The average Bonchev–Trinajstić information content (AvgIpc) is 3.05. The fourth-order valence-corrected chi connectivity index (χ4v) is 3.47. The van der Waals surface area contributed by atoms with Gasteiger partial charge in [0.2, 0.25) is 0 Å². The second-order valence-corrected chi connectivity index (χ2v) is 7.62. The number of aromatic nitrogens is 3. The molecule has 0 N–H and O–H groups in total. The summed E-state index contributed by atoms with van der Waals surface area (Å²) in [4.78, 5) is 12.6. The number of carbonyl (C=O) groups is 1. The number of benzene rings is 2. The van der Waals surface area contributed by atoms with E-state index in [2.05, 4.69) is 10.2 Å². The molecule has 0 aliphatic carbocycles. The number of aryl methyl sites for hydroxylation is 2. The first-order valence-electron chi connectivity index (χ1n) is 7.90. The molecule has 1 heterocycles. The lowest BCUT2D eigenvalue weighted by molar-refractivity contribution is 0.0994. The van der Waals surface area contributed by atoms with Gasteiger partial charge in [0, 0.05) is 10.6 Å². The van der Waals surface area contributed by atoms with Crippen LogP contribution in [0.3, 0.4) is 0 Å². The molecular weight excluding hydrogens is 354 g/mol. The van der Waals surface area contributed by atoms with Gasteiger partial charge in [-0.3, -0.25) is 9.36 Å². The van der Waals surface area contributed by atoms with Crippen molar-refractivity contribution in [3.8, 4) is 5.69 Å². The fourth-order valence-electron chi connectivity index (χ4n) is 2.38. The van der Waals surface area contributed by atoms with Crippen LogP contribution < -0.4 is 0 Å². The van der Waals surface area contributed by atoms with Gasteiger partial charge in [-0.15, -0.1) is 10.2 Å². The average molecular weight is 372 g/mol. The van der Waals surface area contributed by atoms with E-state index in [-0.39, 0.29) is 11.0 Å². The molecule has 25 heavy (non-hydrogen) atoms. The minimum absolute atomic E-state index is 0.0708. The number of halogens is 1. The summed E-state index contributed by atoms with van der Waals surface area (Å²) in [5.74, 6) is 0.0708. The van der Waals surface area contributed by atoms with Crippen molar-refractivity contribution in [2.45, 2.75) is 31.2 Å². The van der Waals surface area contributed by atoms with Crippen molar-refractivity contribution < 1.29 is 4.79 Å². The van der Waals surface area contributed by atoms with Crippen LogP contribution >= 0.6 is 23.4 Å². The summed E-state index contributed by atoms with van der Waals surface area (Å²) in [5.41, 5.74) is 3.72. The first kappa shape index (κ1) is 17.7. The Kier molecular flexibility index (Phi) is 5.25. The molecule has 0 spiro atoms. The van der Waals surface area contributed by atoms with Crippen LogP contribution in [0.25, 0.3) is 5.69 Å². The quantitative estimate of drug-likeness (QED) is 0.472. The topological polar surface area (TPSA) is 47.8 Å². The van der Waals surface area contributed by atoms with Crippen molar-refractivity contribution in [1.82, 2.24) is 14.8 Å². The summed E-state index contributed by atoms with van der Waals surface area (Å²) in [6.45, 7) is 5.84. The van der Waals surface area contributed by atoms with Crippen LogP contribution in [0, 0.1) is 13.8 Å². The molecule has 128 valence electrons. The summed E-state index contributed by atoms with van der Waals surface area (Å²) < 4.78 is 1.84. The van der Waals surface area contributed by atoms with Crippen LogP contribution in [0.1, 0.15) is 28.4 Å². The first-order chi connectivity index (χ1) is 12.0. The molecule has 6 heteroatoms. The number of Topliss-reactive ketones (excluding diaryl/α,β-unsaturated/α-hetero) is 1. The second-order valence-electron chi connectivity index (χ2n) is 5.91. The molecule has 0 amide bonds. The van der Waals surface area contributed by atoms with Crippen LogP contribution in [-0.2, 0) is 0 Å². The maximum absolute atomic E-state index is 12.6. The number of thioether (sulfide) groups is 1. The van der Waals surface area contributed by atoms with Gasteiger partial charge in [-0.05, 0) is 38.5 Å². The lowest BCUT2D eigenvalue weighted by atomic mass is 10.1. The standard InChI is InChI=1S/C19H18ClN3OS/c1-12-4-7-15(8-5-12)18(24)14(3)25-19-22-21-11-23(19)16-9-6-13(2)17(20)10-16/h4-11,14H,1-3H3. The van der Waals surface area contributed by atoms with Gasteiger partial charge in [0.15, 0.2) is 10.9 Å². The van der Waals surface area contributed by atoms with Gasteiger partial charge in [0.05, 0.1) is 10.9 Å². The number of ketones is 1. The molecule has 0 saturated carbocycles. The van der Waals surface area contributed by atoms with Gasteiger partial charge < -0.3 is 0 Å². The highest BCUT2D eigenvalue weighted by Gasteiger charge is 2.20. The number of nitrogens with zero attached hydrogens (tertiary/aromatic N) is 3. The van der Waals surface area contributed by atoms with Gasteiger partial charge >= 0.3 is 0 Å². The minimum atomic E-state index is -0.272. The Bertz CT molecular complexity index is 905. The fraction of sp³-hybridized carbons (Fsp3) is 0.211. The largest absolute Gasteiger partial charge is 0.293 e. The van der Waals surface area contributed by atoms with Crippen molar-refractivity contribution in [3.05, 3.63) is 70.5 Å². The lowest BCUT2D eigenvalue weighted by Crippen LogP contribution is -2.14. The predicted octanol–water partition coefficient (Wildman–Crippen LogP) is 4.90. The smallest absolute Gasteiger partial charge is 0.196 e. The highest BCUT2D eigenvalue weighted by atomic mass is 35.5. The maximum Gasteiger partial charge on any atom is 0.196 e. The number of hydrogen-bond acceptors (Lipinski definition) is 4. The SMILES string of the molecule is Cc1ccc(C(=O)C(C)Sc2nncn2-c2ccc(C)c(Cl)c2)cc1. The number of hydrogen-bond donors (Lipinski definition) is 0. The molecule has 0 aliphatic rings. The number of rotatable bonds is 5.